The molecule has 3 aromatic rings. The van der Waals surface area contributed by atoms with Crippen LogP contribution in [-0.4, -0.2) is 31.7 Å². The number of hydrogen-bond acceptors (Lipinski definition) is 3. The van der Waals surface area contributed by atoms with Gasteiger partial charge in [0.1, 0.15) is 5.82 Å². The van der Waals surface area contributed by atoms with Crippen molar-refractivity contribution >= 4 is 11.7 Å². The molecule has 0 saturated carbocycles. The number of fused-ring (bicyclic) bond motifs is 1. The van der Waals surface area contributed by atoms with E-state index in [1.165, 1.54) is 12.1 Å². The van der Waals surface area contributed by atoms with E-state index in [9.17, 15) is 9.18 Å². The van der Waals surface area contributed by atoms with Crippen molar-refractivity contribution in [2.24, 2.45) is 0 Å². The van der Waals surface area contributed by atoms with Gasteiger partial charge in [0.15, 0.2) is 0 Å². The van der Waals surface area contributed by atoms with E-state index < -0.39 is 0 Å². The van der Waals surface area contributed by atoms with Crippen molar-refractivity contribution in [3.63, 3.8) is 0 Å². The van der Waals surface area contributed by atoms with E-state index in [2.05, 4.69) is 9.97 Å². The Hall–Kier alpha value is -2.76. The van der Waals surface area contributed by atoms with Crippen molar-refractivity contribution in [1.29, 1.82) is 0 Å². The third-order valence-corrected chi connectivity index (χ3v) is 4.72. The summed E-state index contributed by atoms with van der Waals surface area (Å²) in [5.74, 6) is 0.416. The van der Waals surface area contributed by atoms with E-state index in [0.29, 0.717) is 5.78 Å². The molecule has 1 atom stereocenters. The van der Waals surface area contributed by atoms with E-state index in [4.69, 9.17) is 0 Å². The van der Waals surface area contributed by atoms with Gasteiger partial charge >= 0.3 is 0 Å². The molecular formula is C19H19FN4O. The molecule has 3 heterocycles. The lowest BCUT2D eigenvalue weighted by molar-refractivity contribution is -0.134. The highest BCUT2D eigenvalue weighted by molar-refractivity contribution is 5.79. The van der Waals surface area contributed by atoms with Gasteiger partial charge in [0, 0.05) is 25.1 Å². The Morgan fingerprint density at radius 3 is 2.84 bits per heavy atom. The molecule has 2 aromatic heterocycles. The number of carbonyl (C=O) groups excluding carboxylic acids is 1. The summed E-state index contributed by atoms with van der Waals surface area (Å²) < 4.78 is 14.9. The number of piperidine rings is 1. The number of carbonyl (C=O) groups is 1. The van der Waals surface area contributed by atoms with Gasteiger partial charge in [0.2, 0.25) is 11.7 Å². The Morgan fingerprint density at radius 2 is 2.00 bits per heavy atom. The predicted molar refractivity (Wildman–Crippen MR) is 91.4 cm³/mol. The quantitative estimate of drug-likeness (QED) is 0.737. The first-order valence-electron chi connectivity index (χ1n) is 8.54. The lowest BCUT2D eigenvalue weighted by Gasteiger charge is -2.35. The normalized spacial score (nSPS) is 17.8. The summed E-state index contributed by atoms with van der Waals surface area (Å²) >= 11 is 0. The maximum atomic E-state index is 13.1. The molecule has 128 valence electrons. The number of benzene rings is 1. The van der Waals surface area contributed by atoms with Crippen molar-refractivity contribution in [2.75, 3.05) is 6.54 Å². The zero-order chi connectivity index (χ0) is 17.2. The molecule has 1 saturated heterocycles. The molecule has 5 nitrogen and oxygen atoms in total. The molecule has 25 heavy (non-hydrogen) atoms. The van der Waals surface area contributed by atoms with Crippen molar-refractivity contribution in [1.82, 2.24) is 19.3 Å². The first kappa shape index (κ1) is 15.7. The van der Waals surface area contributed by atoms with Crippen molar-refractivity contribution in [3.8, 4) is 0 Å². The highest BCUT2D eigenvalue weighted by Crippen LogP contribution is 2.30. The van der Waals surface area contributed by atoms with Gasteiger partial charge in [-0.15, -0.1) is 0 Å². The van der Waals surface area contributed by atoms with Crippen LogP contribution < -0.4 is 0 Å². The first-order valence-corrected chi connectivity index (χ1v) is 8.54. The van der Waals surface area contributed by atoms with Crippen LogP contribution in [0.25, 0.3) is 5.78 Å². The Kier molecular flexibility index (Phi) is 4.17. The molecule has 1 amide bonds. The summed E-state index contributed by atoms with van der Waals surface area (Å²) in [7, 11) is 0. The topological polar surface area (TPSA) is 50.5 Å². The summed E-state index contributed by atoms with van der Waals surface area (Å²) in [4.78, 5) is 23.6. The second-order valence-corrected chi connectivity index (χ2v) is 6.39. The largest absolute Gasteiger partial charge is 0.334 e. The van der Waals surface area contributed by atoms with E-state index in [1.54, 1.807) is 18.3 Å². The summed E-state index contributed by atoms with van der Waals surface area (Å²) in [6.07, 6.45) is 8.75. The van der Waals surface area contributed by atoms with Crippen LogP contribution in [0.15, 0.2) is 48.9 Å². The molecule has 6 heteroatoms. The maximum absolute atomic E-state index is 13.1. The third-order valence-electron chi connectivity index (χ3n) is 4.72. The number of amides is 1. The van der Waals surface area contributed by atoms with Crippen LogP contribution in [0, 0.1) is 5.82 Å². The molecule has 1 aliphatic heterocycles. The number of imidazole rings is 1. The minimum Gasteiger partial charge on any atom is -0.334 e. The molecule has 1 aliphatic rings. The smallest absolute Gasteiger partial charge is 0.233 e. The molecule has 0 spiro atoms. The molecule has 0 bridgehead atoms. The lowest BCUT2D eigenvalue weighted by atomic mass is 9.98. The molecule has 4 rings (SSSR count). The number of aromatic nitrogens is 3. The standard InChI is InChI=1S/C19H19FN4O/c20-15-6-4-14(5-7-15)13-18(25)24-10-2-1-3-17(24)16-8-11-23-12-9-21-19(23)22-16/h4-9,11-12,17H,1-3,10,13H2. The van der Waals surface area contributed by atoms with Crippen molar-refractivity contribution < 1.29 is 9.18 Å². The van der Waals surface area contributed by atoms with Gasteiger partial charge in [-0.05, 0) is 43.0 Å². The molecule has 0 radical (unpaired) electrons. The second kappa shape index (κ2) is 6.63. The predicted octanol–water partition coefficient (Wildman–Crippen LogP) is 3.16. The van der Waals surface area contributed by atoms with Gasteiger partial charge in [-0.2, -0.15) is 0 Å². The zero-order valence-corrected chi connectivity index (χ0v) is 13.8. The van der Waals surface area contributed by atoms with Crippen LogP contribution in [0.4, 0.5) is 4.39 Å². The van der Waals surface area contributed by atoms with E-state index >= 15 is 0 Å². The third kappa shape index (κ3) is 3.24. The Morgan fingerprint density at radius 1 is 1.16 bits per heavy atom. The van der Waals surface area contributed by atoms with Crippen LogP contribution in [0.2, 0.25) is 0 Å². The van der Waals surface area contributed by atoms with Crippen molar-refractivity contribution in [3.05, 3.63) is 66.0 Å². The summed E-state index contributed by atoms with van der Waals surface area (Å²) in [6.45, 7) is 0.728. The maximum Gasteiger partial charge on any atom is 0.233 e. The van der Waals surface area contributed by atoms with Crippen LogP contribution in [0.3, 0.4) is 0 Å². The highest BCUT2D eigenvalue weighted by atomic mass is 19.1. The number of hydrogen-bond donors (Lipinski definition) is 0. The van der Waals surface area contributed by atoms with Crippen LogP contribution in [0.1, 0.15) is 36.6 Å². The molecule has 1 unspecified atom stereocenters. The van der Waals surface area contributed by atoms with Gasteiger partial charge < -0.3 is 4.90 Å². The monoisotopic (exact) mass is 338 g/mol. The van der Waals surface area contributed by atoms with Gasteiger partial charge in [0.05, 0.1) is 18.2 Å². The minimum absolute atomic E-state index is 0.0246. The fraction of sp³-hybridized carbons (Fsp3) is 0.316. The average Bonchev–Trinajstić information content (AvgIpc) is 3.11. The summed E-state index contributed by atoms with van der Waals surface area (Å²) in [6, 6.07) is 8.06. The molecule has 1 aromatic carbocycles. The van der Waals surface area contributed by atoms with E-state index in [1.807, 2.05) is 27.8 Å². The van der Waals surface area contributed by atoms with Gasteiger partial charge in [-0.3, -0.25) is 9.20 Å². The lowest BCUT2D eigenvalue weighted by Crippen LogP contribution is -2.39. The fourth-order valence-electron chi connectivity index (χ4n) is 3.42. The Balaban J connectivity index is 1.57. The fourth-order valence-corrected chi connectivity index (χ4v) is 3.42. The zero-order valence-electron chi connectivity index (χ0n) is 13.8. The van der Waals surface area contributed by atoms with E-state index in [0.717, 1.165) is 37.1 Å². The summed E-state index contributed by atoms with van der Waals surface area (Å²) in [5, 5.41) is 0. The molecular weight excluding hydrogens is 319 g/mol. The number of likely N-dealkylation sites (tertiary alicyclic amines) is 1. The Labute approximate surface area is 145 Å². The number of nitrogens with zero attached hydrogens (tertiary/aromatic N) is 4. The Bertz CT molecular complexity index is 890. The van der Waals surface area contributed by atoms with Crippen molar-refractivity contribution in [2.45, 2.75) is 31.7 Å². The van der Waals surface area contributed by atoms with Crippen LogP contribution in [0.5, 0.6) is 0 Å². The average molecular weight is 338 g/mol. The van der Waals surface area contributed by atoms with Crippen LogP contribution in [-0.2, 0) is 11.2 Å². The SMILES string of the molecule is O=C(Cc1ccc(F)cc1)N1CCCCC1c1ccn2ccnc2n1. The van der Waals surface area contributed by atoms with Gasteiger partial charge in [-0.25, -0.2) is 14.4 Å². The molecule has 0 N–H and O–H groups in total. The highest BCUT2D eigenvalue weighted by Gasteiger charge is 2.29. The molecule has 0 aliphatic carbocycles. The number of halogens is 1. The summed E-state index contributed by atoms with van der Waals surface area (Å²) in [5.41, 5.74) is 1.71. The minimum atomic E-state index is -0.288. The first-order chi connectivity index (χ1) is 12.2. The van der Waals surface area contributed by atoms with Gasteiger partial charge in [0.25, 0.3) is 0 Å². The second-order valence-electron chi connectivity index (χ2n) is 6.39. The van der Waals surface area contributed by atoms with Crippen LogP contribution >= 0.6 is 0 Å². The van der Waals surface area contributed by atoms with E-state index in [-0.39, 0.29) is 24.2 Å². The number of rotatable bonds is 3. The molecule has 1 fully saturated rings. The van der Waals surface area contributed by atoms with Gasteiger partial charge in [-0.1, -0.05) is 12.1 Å².